The molecule has 18 heavy (non-hydrogen) atoms. The van der Waals surface area contributed by atoms with Crippen molar-refractivity contribution < 1.29 is 9.53 Å². The van der Waals surface area contributed by atoms with E-state index in [0.29, 0.717) is 11.5 Å². The molecule has 0 N–H and O–H groups in total. The standard InChI is InChI=1S/C15H21BrO2/c1-5-11-6-7-12(9-14(11)18-4)15(17)13(16)8-10(2)3/h6-7,9-10,13H,5,8H2,1-4H3. The Morgan fingerprint density at radius 1 is 1.39 bits per heavy atom. The van der Waals surface area contributed by atoms with Gasteiger partial charge in [0.25, 0.3) is 0 Å². The lowest BCUT2D eigenvalue weighted by Gasteiger charge is -2.13. The van der Waals surface area contributed by atoms with Gasteiger partial charge in [0.2, 0.25) is 0 Å². The van der Waals surface area contributed by atoms with Gasteiger partial charge in [-0.15, -0.1) is 0 Å². The molecule has 2 nitrogen and oxygen atoms in total. The maximum atomic E-state index is 12.2. The molecule has 0 heterocycles. The smallest absolute Gasteiger partial charge is 0.176 e. The van der Waals surface area contributed by atoms with Crippen LogP contribution in [0.5, 0.6) is 5.75 Å². The van der Waals surface area contributed by atoms with E-state index in [0.717, 1.165) is 24.2 Å². The number of carbonyl (C=O) groups is 1. The van der Waals surface area contributed by atoms with Crippen molar-refractivity contribution in [3.8, 4) is 5.75 Å². The minimum absolute atomic E-state index is 0.116. The van der Waals surface area contributed by atoms with Crippen LogP contribution in [0.2, 0.25) is 0 Å². The topological polar surface area (TPSA) is 26.3 Å². The van der Waals surface area contributed by atoms with Gasteiger partial charge in [0.05, 0.1) is 11.9 Å². The summed E-state index contributed by atoms with van der Waals surface area (Å²) < 4.78 is 5.32. The second kappa shape index (κ2) is 6.93. The molecule has 100 valence electrons. The SMILES string of the molecule is CCc1ccc(C(=O)C(Br)CC(C)C)cc1OC. The lowest BCUT2D eigenvalue weighted by atomic mass is 9.99. The molecule has 1 atom stereocenters. The number of halogens is 1. The van der Waals surface area contributed by atoms with E-state index in [-0.39, 0.29) is 10.6 Å². The first-order chi connectivity index (χ1) is 8.49. The molecule has 0 saturated carbocycles. The molecule has 0 amide bonds. The van der Waals surface area contributed by atoms with Crippen molar-refractivity contribution in [2.75, 3.05) is 7.11 Å². The number of rotatable bonds is 6. The van der Waals surface area contributed by atoms with Gasteiger partial charge in [0, 0.05) is 5.56 Å². The summed E-state index contributed by atoms with van der Waals surface area (Å²) in [6, 6.07) is 5.70. The fourth-order valence-electron chi connectivity index (χ4n) is 1.89. The number of aryl methyl sites for hydroxylation is 1. The summed E-state index contributed by atoms with van der Waals surface area (Å²) in [5.74, 6) is 1.42. The number of Topliss-reactive ketones (excluding diaryl/α,β-unsaturated/α-hetero) is 1. The maximum Gasteiger partial charge on any atom is 0.176 e. The van der Waals surface area contributed by atoms with Crippen molar-refractivity contribution >= 4 is 21.7 Å². The van der Waals surface area contributed by atoms with Gasteiger partial charge in [-0.1, -0.05) is 48.8 Å². The summed E-state index contributed by atoms with van der Waals surface area (Å²) in [5.41, 5.74) is 1.84. The fourth-order valence-corrected chi connectivity index (χ4v) is 2.90. The van der Waals surface area contributed by atoms with Crippen LogP contribution in [0.25, 0.3) is 0 Å². The third kappa shape index (κ3) is 3.84. The first kappa shape index (κ1) is 15.2. The Hall–Kier alpha value is -0.830. The van der Waals surface area contributed by atoms with Gasteiger partial charge in [0.15, 0.2) is 5.78 Å². The van der Waals surface area contributed by atoms with Crippen molar-refractivity contribution in [1.82, 2.24) is 0 Å². The summed E-state index contributed by atoms with van der Waals surface area (Å²) in [6.07, 6.45) is 1.75. The molecule has 0 saturated heterocycles. The zero-order chi connectivity index (χ0) is 13.7. The zero-order valence-electron chi connectivity index (χ0n) is 11.5. The molecule has 0 radical (unpaired) electrons. The Bertz CT molecular complexity index is 413. The second-order valence-corrected chi connectivity index (χ2v) is 5.95. The summed E-state index contributed by atoms with van der Waals surface area (Å²) in [7, 11) is 1.64. The van der Waals surface area contributed by atoms with E-state index < -0.39 is 0 Å². The van der Waals surface area contributed by atoms with Gasteiger partial charge in [-0.25, -0.2) is 0 Å². The third-order valence-corrected chi connectivity index (χ3v) is 3.70. The maximum absolute atomic E-state index is 12.2. The van der Waals surface area contributed by atoms with Gasteiger partial charge in [-0.2, -0.15) is 0 Å². The summed E-state index contributed by atoms with van der Waals surface area (Å²) >= 11 is 3.47. The Balaban J connectivity index is 2.92. The molecule has 0 aliphatic rings. The molecule has 1 rings (SSSR count). The van der Waals surface area contributed by atoms with Crippen LogP contribution in [-0.2, 0) is 6.42 Å². The molecular formula is C15H21BrO2. The lowest BCUT2D eigenvalue weighted by Crippen LogP contribution is -2.16. The second-order valence-electron chi connectivity index (χ2n) is 4.84. The van der Waals surface area contributed by atoms with Crippen LogP contribution in [0.4, 0.5) is 0 Å². The molecule has 0 spiro atoms. The van der Waals surface area contributed by atoms with Gasteiger partial charge in [-0.3, -0.25) is 4.79 Å². The van der Waals surface area contributed by atoms with E-state index in [4.69, 9.17) is 4.74 Å². The Labute approximate surface area is 118 Å². The highest BCUT2D eigenvalue weighted by Crippen LogP contribution is 2.24. The molecular weight excluding hydrogens is 292 g/mol. The van der Waals surface area contributed by atoms with E-state index >= 15 is 0 Å². The van der Waals surface area contributed by atoms with Crippen molar-refractivity contribution in [1.29, 1.82) is 0 Å². The average molecular weight is 313 g/mol. The molecule has 1 aromatic carbocycles. The molecule has 0 aromatic heterocycles. The molecule has 0 fully saturated rings. The Morgan fingerprint density at radius 3 is 2.56 bits per heavy atom. The third-order valence-electron chi connectivity index (χ3n) is 2.92. The van der Waals surface area contributed by atoms with Crippen LogP contribution >= 0.6 is 15.9 Å². The molecule has 0 aliphatic carbocycles. The molecule has 0 bridgehead atoms. The Morgan fingerprint density at radius 2 is 2.06 bits per heavy atom. The van der Waals surface area contributed by atoms with Crippen LogP contribution in [-0.4, -0.2) is 17.7 Å². The van der Waals surface area contributed by atoms with Gasteiger partial charge in [0.1, 0.15) is 5.75 Å². The quantitative estimate of drug-likeness (QED) is 0.580. The highest BCUT2D eigenvalue weighted by atomic mass is 79.9. The number of hydrogen-bond donors (Lipinski definition) is 0. The van der Waals surface area contributed by atoms with E-state index in [9.17, 15) is 4.79 Å². The number of carbonyl (C=O) groups excluding carboxylic acids is 1. The predicted molar refractivity (Wildman–Crippen MR) is 78.9 cm³/mol. The number of ether oxygens (including phenoxy) is 1. The first-order valence-corrected chi connectivity index (χ1v) is 7.26. The lowest BCUT2D eigenvalue weighted by molar-refractivity contribution is 0.0984. The normalized spacial score (nSPS) is 12.6. The average Bonchev–Trinajstić information content (AvgIpc) is 2.36. The van der Waals surface area contributed by atoms with E-state index in [1.165, 1.54) is 0 Å². The van der Waals surface area contributed by atoms with Crippen LogP contribution in [0.1, 0.15) is 43.1 Å². The van der Waals surface area contributed by atoms with E-state index in [1.807, 2.05) is 18.2 Å². The monoisotopic (exact) mass is 312 g/mol. The zero-order valence-corrected chi connectivity index (χ0v) is 13.1. The van der Waals surface area contributed by atoms with Gasteiger partial charge >= 0.3 is 0 Å². The van der Waals surface area contributed by atoms with Gasteiger partial charge in [-0.05, 0) is 30.4 Å². The van der Waals surface area contributed by atoms with Crippen LogP contribution in [0.15, 0.2) is 18.2 Å². The van der Waals surface area contributed by atoms with Crippen molar-refractivity contribution in [3.05, 3.63) is 29.3 Å². The van der Waals surface area contributed by atoms with Crippen LogP contribution in [0, 0.1) is 5.92 Å². The number of hydrogen-bond acceptors (Lipinski definition) is 2. The van der Waals surface area contributed by atoms with Crippen molar-refractivity contribution in [2.24, 2.45) is 5.92 Å². The molecule has 1 unspecified atom stereocenters. The number of alkyl halides is 1. The minimum Gasteiger partial charge on any atom is -0.496 e. The number of methoxy groups -OCH3 is 1. The molecule has 1 aromatic rings. The summed E-state index contributed by atoms with van der Waals surface area (Å²) in [5, 5.41) is 0. The predicted octanol–water partition coefficient (Wildman–Crippen LogP) is 4.25. The summed E-state index contributed by atoms with van der Waals surface area (Å²) in [4.78, 5) is 12.1. The first-order valence-electron chi connectivity index (χ1n) is 6.34. The Kier molecular flexibility index (Phi) is 5.86. The van der Waals surface area contributed by atoms with E-state index in [2.05, 4.69) is 36.7 Å². The highest BCUT2D eigenvalue weighted by Gasteiger charge is 2.19. The van der Waals surface area contributed by atoms with E-state index in [1.54, 1.807) is 7.11 Å². The molecule has 3 heteroatoms. The summed E-state index contributed by atoms with van der Waals surface area (Å²) in [6.45, 7) is 6.30. The largest absolute Gasteiger partial charge is 0.496 e. The number of ketones is 1. The highest BCUT2D eigenvalue weighted by molar-refractivity contribution is 9.10. The minimum atomic E-state index is -0.116. The van der Waals surface area contributed by atoms with Gasteiger partial charge < -0.3 is 4.74 Å². The molecule has 0 aliphatic heterocycles. The van der Waals surface area contributed by atoms with Crippen molar-refractivity contribution in [2.45, 2.75) is 38.4 Å². The fraction of sp³-hybridized carbons (Fsp3) is 0.533. The van der Waals surface area contributed by atoms with Crippen molar-refractivity contribution in [3.63, 3.8) is 0 Å². The van der Waals surface area contributed by atoms with Crippen LogP contribution in [0.3, 0.4) is 0 Å². The van der Waals surface area contributed by atoms with Crippen LogP contribution < -0.4 is 4.74 Å². The number of benzene rings is 1.